The first-order valence-corrected chi connectivity index (χ1v) is 8.72. The van der Waals surface area contributed by atoms with Crippen molar-refractivity contribution in [3.05, 3.63) is 51.2 Å². The fourth-order valence-electron chi connectivity index (χ4n) is 3.35. The Hall–Kier alpha value is -3.11. The summed E-state index contributed by atoms with van der Waals surface area (Å²) in [5.74, 6) is -5.29. The van der Waals surface area contributed by atoms with E-state index in [2.05, 4.69) is 4.99 Å². The van der Waals surface area contributed by atoms with Gasteiger partial charge in [-0.25, -0.2) is 4.79 Å². The zero-order chi connectivity index (χ0) is 21.9. The van der Waals surface area contributed by atoms with Gasteiger partial charge in [-0.3, -0.25) is 19.9 Å². The normalized spacial score (nSPS) is 21.3. The number of hydrogen-bond acceptors (Lipinski definition) is 7. The smallest absolute Gasteiger partial charge is 0.334 e. The summed E-state index contributed by atoms with van der Waals surface area (Å²) >= 11 is 0. The Morgan fingerprint density at radius 2 is 1.79 bits per heavy atom. The van der Waals surface area contributed by atoms with Gasteiger partial charge in [0.1, 0.15) is 5.92 Å². The molecule has 0 saturated heterocycles. The van der Waals surface area contributed by atoms with Crippen LogP contribution in [0.25, 0.3) is 0 Å². The van der Waals surface area contributed by atoms with Crippen LogP contribution in [-0.2, 0) is 19.1 Å². The van der Waals surface area contributed by atoms with Crippen molar-refractivity contribution < 1.29 is 34.2 Å². The molecule has 0 aromatic heterocycles. The molecule has 0 saturated carbocycles. The molecule has 10 heteroatoms. The highest BCUT2D eigenvalue weighted by molar-refractivity contribution is 6.09. The van der Waals surface area contributed by atoms with Crippen molar-refractivity contribution >= 4 is 23.3 Å². The van der Waals surface area contributed by atoms with Gasteiger partial charge in [0, 0.05) is 32.3 Å². The van der Waals surface area contributed by atoms with Crippen molar-refractivity contribution in [1.82, 2.24) is 0 Å². The standard InChI is InChI=1S/C19H22N2O8/c1-9(28-3)16-14(18(22)23)13(11-6-5-7-12(8-11)21(26)27)15(19(24)25)17(20-16)10(2)29-4/h5-10,13-14H,1-4H3,(H,22,23)(H,24,25). The second kappa shape index (κ2) is 8.93. The minimum Gasteiger partial charge on any atom is -0.481 e. The molecular weight excluding hydrogens is 384 g/mol. The summed E-state index contributed by atoms with van der Waals surface area (Å²) < 4.78 is 10.5. The summed E-state index contributed by atoms with van der Waals surface area (Å²) in [6.45, 7) is 3.18. The first-order chi connectivity index (χ1) is 13.6. The molecule has 1 aliphatic heterocycles. The number of carboxylic acid groups (broad SMARTS) is 2. The van der Waals surface area contributed by atoms with E-state index < -0.39 is 40.9 Å². The lowest BCUT2D eigenvalue weighted by Crippen LogP contribution is -2.42. The number of ether oxygens (including phenoxy) is 2. The van der Waals surface area contributed by atoms with Crippen LogP contribution < -0.4 is 0 Å². The van der Waals surface area contributed by atoms with Crippen LogP contribution in [0.2, 0.25) is 0 Å². The highest BCUT2D eigenvalue weighted by Crippen LogP contribution is 2.42. The SMILES string of the molecule is COC(C)C1=NC(C(C)OC)=C(C(=O)O)C(c2cccc([N+](=O)[O-])c2)C1C(=O)O. The van der Waals surface area contributed by atoms with Gasteiger partial charge in [0.2, 0.25) is 0 Å². The molecular formula is C19H22N2O8. The van der Waals surface area contributed by atoms with Crippen LogP contribution in [0.1, 0.15) is 25.3 Å². The molecule has 2 rings (SSSR count). The summed E-state index contributed by atoms with van der Waals surface area (Å²) in [5.41, 5.74) is -0.213. The fourth-order valence-corrected chi connectivity index (χ4v) is 3.35. The van der Waals surface area contributed by atoms with E-state index in [0.717, 1.165) is 0 Å². The van der Waals surface area contributed by atoms with Crippen molar-refractivity contribution in [1.29, 1.82) is 0 Å². The van der Waals surface area contributed by atoms with E-state index in [1.54, 1.807) is 13.8 Å². The molecule has 0 aliphatic carbocycles. The van der Waals surface area contributed by atoms with E-state index in [0.29, 0.717) is 0 Å². The molecule has 4 unspecified atom stereocenters. The number of rotatable bonds is 8. The molecule has 0 radical (unpaired) electrons. The fraction of sp³-hybridized carbons (Fsp3) is 0.421. The number of nitro benzene ring substituents is 1. The van der Waals surface area contributed by atoms with Crippen LogP contribution in [0.4, 0.5) is 5.69 Å². The summed E-state index contributed by atoms with van der Waals surface area (Å²) in [6.07, 6.45) is -1.48. The molecule has 2 N–H and O–H groups in total. The van der Waals surface area contributed by atoms with Gasteiger partial charge in [-0.15, -0.1) is 0 Å². The zero-order valence-corrected chi connectivity index (χ0v) is 16.4. The van der Waals surface area contributed by atoms with E-state index >= 15 is 0 Å². The predicted octanol–water partition coefficient (Wildman–Crippen LogP) is 2.24. The Kier molecular flexibility index (Phi) is 6.83. The maximum Gasteiger partial charge on any atom is 0.334 e. The van der Waals surface area contributed by atoms with E-state index in [1.807, 2.05) is 0 Å². The third-order valence-electron chi connectivity index (χ3n) is 4.93. The number of aliphatic carboxylic acids is 2. The van der Waals surface area contributed by atoms with Gasteiger partial charge in [0.15, 0.2) is 0 Å². The lowest BCUT2D eigenvalue weighted by molar-refractivity contribution is -0.384. The van der Waals surface area contributed by atoms with Crippen LogP contribution in [0.5, 0.6) is 0 Å². The molecule has 1 heterocycles. The number of non-ortho nitro benzene ring substituents is 1. The van der Waals surface area contributed by atoms with Gasteiger partial charge in [-0.05, 0) is 19.4 Å². The Balaban J connectivity index is 2.87. The number of benzene rings is 1. The van der Waals surface area contributed by atoms with Gasteiger partial charge in [0.25, 0.3) is 5.69 Å². The van der Waals surface area contributed by atoms with Gasteiger partial charge in [-0.2, -0.15) is 0 Å². The number of nitrogens with zero attached hydrogens (tertiary/aromatic N) is 2. The molecule has 0 amide bonds. The number of methoxy groups -OCH3 is 2. The van der Waals surface area contributed by atoms with Crippen LogP contribution in [0.15, 0.2) is 40.5 Å². The van der Waals surface area contributed by atoms with E-state index in [1.165, 1.54) is 38.5 Å². The molecule has 29 heavy (non-hydrogen) atoms. The van der Waals surface area contributed by atoms with Crippen molar-refractivity contribution in [3.63, 3.8) is 0 Å². The summed E-state index contributed by atoms with van der Waals surface area (Å²) in [7, 11) is 2.75. The molecule has 1 aromatic carbocycles. The Labute approximate surface area is 166 Å². The molecule has 0 fully saturated rings. The molecule has 156 valence electrons. The number of carbonyl (C=O) groups is 2. The number of nitro groups is 1. The van der Waals surface area contributed by atoms with Crippen molar-refractivity contribution in [2.75, 3.05) is 14.2 Å². The van der Waals surface area contributed by atoms with Gasteiger partial charge in [-0.1, -0.05) is 12.1 Å². The molecule has 1 aliphatic rings. The lowest BCUT2D eigenvalue weighted by Gasteiger charge is -2.34. The van der Waals surface area contributed by atoms with E-state index in [-0.39, 0.29) is 28.2 Å². The quantitative estimate of drug-likeness (QED) is 0.493. The molecule has 4 atom stereocenters. The first kappa shape index (κ1) is 22.2. The van der Waals surface area contributed by atoms with Crippen LogP contribution in [0.3, 0.4) is 0 Å². The van der Waals surface area contributed by atoms with Gasteiger partial charge >= 0.3 is 11.9 Å². The lowest BCUT2D eigenvalue weighted by atomic mass is 9.73. The minimum absolute atomic E-state index is 0.0490. The second-order valence-electron chi connectivity index (χ2n) is 6.54. The van der Waals surface area contributed by atoms with Gasteiger partial charge in [0.05, 0.1) is 34.1 Å². The summed E-state index contributed by atoms with van der Waals surface area (Å²) in [4.78, 5) is 39.2. The second-order valence-corrected chi connectivity index (χ2v) is 6.54. The third kappa shape index (κ3) is 4.33. The van der Waals surface area contributed by atoms with Crippen LogP contribution >= 0.6 is 0 Å². The highest BCUT2D eigenvalue weighted by atomic mass is 16.6. The average Bonchev–Trinajstić information content (AvgIpc) is 2.70. The van der Waals surface area contributed by atoms with Gasteiger partial charge < -0.3 is 19.7 Å². The maximum absolute atomic E-state index is 12.2. The van der Waals surface area contributed by atoms with Crippen LogP contribution in [0, 0.1) is 16.0 Å². The predicted molar refractivity (Wildman–Crippen MR) is 102 cm³/mol. The Morgan fingerprint density at radius 3 is 2.28 bits per heavy atom. The Morgan fingerprint density at radius 1 is 1.17 bits per heavy atom. The molecule has 10 nitrogen and oxygen atoms in total. The zero-order valence-electron chi connectivity index (χ0n) is 16.4. The first-order valence-electron chi connectivity index (χ1n) is 8.72. The largest absolute Gasteiger partial charge is 0.481 e. The van der Waals surface area contributed by atoms with Crippen molar-refractivity contribution in [2.45, 2.75) is 32.0 Å². The maximum atomic E-state index is 12.2. The number of hydrogen-bond donors (Lipinski definition) is 2. The topological polar surface area (TPSA) is 149 Å². The monoisotopic (exact) mass is 406 g/mol. The number of carboxylic acids is 2. The molecule has 0 spiro atoms. The third-order valence-corrected chi connectivity index (χ3v) is 4.93. The van der Waals surface area contributed by atoms with Crippen LogP contribution in [-0.4, -0.2) is 59.2 Å². The molecule has 0 bridgehead atoms. The molecule has 1 aromatic rings. The highest BCUT2D eigenvalue weighted by Gasteiger charge is 2.46. The Bertz CT molecular complexity index is 892. The van der Waals surface area contributed by atoms with E-state index in [9.17, 15) is 29.9 Å². The summed E-state index contributed by atoms with van der Waals surface area (Å²) in [5, 5.41) is 31.0. The van der Waals surface area contributed by atoms with Crippen molar-refractivity contribution in [3.8, 4) is 0 Å². The summed E-state index contributed by atoms with van der Waals surface area (Å²) in [6, 6.07) is 5.28. The average molecular weight is 406 g/mol. The minimum atomic E-state index is -1.38. The van der Waals surface area contributed by atoms with Crippen molar-refractivity contribution in [2.24, 2.45) is 10.9 Å². The van der Waals surface area contributed by atoms with E-state index in [4.69, 9.17) is 9.47 Å². The number of aliphatic imine (C=N–C) groups is 1.